The molecule has 0 heterocycles. The van der Waals surface area contributed by atoms with Crippen molar-refractivity contribution in [2.24, 2.45) is 5.92 Å². The molecule has 2 heteroatoms. The summed E-state index contributed by atoms with van der Waals surface area (Å²) in [6, 6.07) is 17.6. The van der Waals surface area contributed by atoms with E-state index < -0.39 is 5.41 Å². The molecule has 0 spiro atoms. The number of rotatable bonds is 9. The highest BCUT2D eigenvalue weighted by Crippen LogP contribution is 2.39. The first kappa shape index (κ1) is 22.9. The predicted molar refractivity (Wildman–Crippen MR) is 126 cm³/mol. The number of nitriles is 1. The number of hydrogen-bond acceptors (Lipinski definition) is 2. The average molecular weight is 389 g/mol. The van der Waals surface area contributed by atoms with Crippen molar-refractivity contribution in [2.75, 3.05) is 19.6 Å². The summed E-state index contributed by atoms with van der Waals surface area (Å²) in [6.07, 6.45) is 5.38. The predicted octanol–water partition coefficient (Wildman–Crippen LogP) is 6.88. The van der Waals surface area contributed by atoms with E-state index >= 15 is 0 Å². The van der Waals surface area contributed by atoms with Gasteiger partial charge < -0.3 is 0 Å². The zero-order chi connectivity index (χ0) is 21.4. The molecule has 0 fully saturated rings. The Balaban J connectivity index is 2.40. The van der Waals surface area contributed by atoms with Crippen molar-refractivity contribution in [3.05, 3.63) is 71.3 Å². The minimum Gasteiger partial charge on any atom is -0.296 e. The highest BCUT2D eigenvalue weighted by atomic mass is 15.1. The van der Waals surface area contributed by atoms with Gasteiger partial charge in [0.25, 0.3) is 0 Å². The molecule has 0 aromatic heterocycles. The van der Waals surface area contributed by atoms with Crippen molar-refractivity contribution in [1.29, 1.82) is 5.26 Å². The molecule has 2 aromatic rings. The third-order valence-corrected chi connectivity index (χ3v) is 5.79. The third kappa shape index (κ3) is 5.81. The van der Waals surface area contributed by atoms with Crippen LogP contribution in [0.2, 0.25) is 0 Å². The first-order valence-corrected chi connectivity index (χ1v) is 10.7. The van der Waals surface area contributed by atoms with E-state index in [1.165, 1.54) is 21.9 Å². The van der Waals surface area contributed by atoms with E-state index in [4.69, 9.17) is 0 Å². The molecule has 0 saturated carbocycles. The lowest BCUT2D eigenvalue weighted by molar-refractivity contribution is 0.270. The van der Waals surface area contributed by atoms with E-state index in [-0.39, 0.29) is 5.92 Å². The highest BCUT2D eigenvalue weighted by molar-refractivity contribution is 5.87. The van der Waals surface area contributed by atoms with Crippen LogP contribution in [0.5, 0.6) is 0 Å². The van der Waals surface area contributed by atoms with Crippen LogP contribution in [0.4, 0.5) is 0 Å². The van der Waals surface area contributed by atoms with Crippen LogP contribution in [-0.2, 0) is 5.41 Å². The first-order chi connectivity index (χ1) is 13.8. The zero-order valence-electron chi connectivity index (χ0n) is 19.0. The fourth-order valence-electron chi connectivity index (χ4n) is 3.81. The normalized spacial score (nSPS) is 13.2. The van der Waals surface area contributed by atoms with E-state index in [2.05, 4.69) is 107 Å². The maximum Gasteiger partial charge on any atom is 0.0863 e. The van der Waals surface area contributed by atoms with Gasteiger partial charge in [-0.25, -0.2) is 0 Å². The summed E-state index contributed by atoms with van der Waals surface area (Å²) in [5.74, 6) is 0.229. The summed E-state index contributed by atoms with van der Waals surface area (Å²) in [7, 11) is 0. The second-order valence-electron chi connectivity index (χ2n) is 8.84. The van der Waals surface area contributed by atoms with Gasteiger partial charge in [0.2, 0.25) is 0 Å². The largest absolute Gasteiger partial charge is 0.296 e. The molecule has 29 heavy (non-hydrogen) atoms. The van der Waals surface area contributed by atoms with Crippen LogP contribution in [0.15, 0.2) is 65.8 Å². The lowest BCUT2D eigenvalue weighted by Crippen LogP contribution is -2.37. The minimum atomic E-state index is -0.505. The Labute approximate surface area is 177 Å². The van der Waals surface area contributed by atoms with Gasteiger partial charge in [-0.3, -0.25) is 4.90 Å². The molecule has 0 aliphatic carbocycles. The molecule has 0 saturated heterocycles. The number of benzene rings is 2. The van der Waals surface area contributed by atoms with Crippen LogP contribution >= 0.6 is 0 Å². The lowest BCUT2D eigenvalue weighted by Gasteiger charge is -2.34. The fourth-order valence-corrected chi connectivity index (χ4v) is 3.81. The van der Waals surface area contributed by atoms with Gasteiger partial charge >= 0.3 is 0 Å². The summed E-state index contributed by atoms with van der Waals surface area (Å²) in [6.45, 7) is 15.7. The summed E-state index contributed by atoms with van der Waals surface area (Å²) in [5.41, 5.74) is 3.32. The second kappa shape index (κ2) is 10.4. The van der Waals surface area contributed by atoms with Gasteiger partial charge in [0, 0.05) is 19.6 Å². The molecule has 0 aliphatic rings. The van der Waals surface area contributed by atoms with E-state index in [1.807, 2.05) is 0 Å². The van der Waals surface area contributed by atoms with Crippen LogP contribution in [-0.4, -0.2) is 24.5 Å². The van der Waals surface area contributed by atoms with Gasteiger partial charge in [-0.05, 0) is 56.4 Å². The Bertz CT molecular complexity index is 880. The molecule has 1 atom stereocenters. The van der Waals surface area contributed by atoms with Crippen molar-refractivity contribution in [1.82, 2.24) is 4.90 Å². The van der Waals surface area contributed by atoms with Crippen molar-refractivity contribution < 1.29 is 0 Å². The van der Waals surface area contributed by atoms with E-state index in [1.54, 1.807) is 0 Å². The average Bonchev–Trinajstić information content (AvgIpc) is 2.69. The molecule has 2 nitrogen and oxygen atoms in total. The number of nitrogens with zero attached hydrogens (tertiary/aromatic N) is 2. The topological polar surface area (TPSA) is 27.0 Å². The first-order valence-electron chi connectivity index (χ1n) is 10.7. The molecule has 154 valence electrons. The van der Waals surface area contributed by atoms with E-state index in [9.17, 15) is 5.26 Å². The standard InChI is InChI=1S/C27H36N2/c1-21(2)14-17-29(18-15-22(3)4)19-16-27(20-28,23(5)6)26-13-9-11-24-10-7-8-12-25(24)26/h7-15,23H,16-19H2,1-6H3. The monoisotopic (exact) mass is 388 g/mol. The molecule has 2 rings (SSSR count). The molecule has 0 N–H and O–H groups in total. The van der Waals surface area contributed by atoms with Crippen LogP contribution in [0.25, 0.3) is 10.8 Å². The lowest BCUT2D eigenvalue weighted by atomic mass is 9.69. The van der Waals surface area contributed by atoms with Crippen molar-refractivity contribution >= 4 is 10.8 Å². The van der Waals surface area contributed by atoms with Crippen LogP contribution in [0, 0.1) is 17.2 Å². The molecule has 0 aliphatic heterocycles. The summed E-state index contributed by atoms with van der Waals surface area (Å²) < 4.78 is 0. The Morgan fingerprint density at radius 1 is 0.966 bits per heavy atom. The van der Waals surface area contributed by atoms with E-state index in [0.29, 0.717) is 0 Å². The van der Waals surface area contributed by atoms with Gasteiger partial charge in [0.1, 0.15) is 0 Å². The summed E-state index contributed by atoms with van der Waals surface area (Å²) in [4.78, 5) is 2.44. The molecule has 0 radical (unpaired) electrons. The van der Waals surface area contributed by atoms with Gasteiger partial charge in [0.15, 0.2) is 0 Å². The summed E-state index contributed by atoms with van der Waals surface area (Å²) >= 11 is 0. The second-order valence-corrected chi connectivity index (χ2v) is 8.84. The summed E-state index contributed by atoms with van der Waals surface area (Å²) in [5, 5.41) is 12.8. The Hall–Kier alpha value is -2.37. The number of fused-ring (bicyclic) bond motifs is 1. The Morgan fingerprint density at radius 3 is 2.10 bits per heavy atom. The van der Waals surface area contributed by atoms with Crippen LogP contribution in [0.3, 0.4) is 0 Å². The van der Waals surface area contributed by atoms with Gasteiger partial charge in [-0.15, -0.1) is 0 Å². The molecule has 0 amide bonds. The Morgan fingerprint density at radius 2 is 1.55 bits per heavy atom. The SMILES string of the molecule is CC(C)=CCN(CC=C(C)C)CCC(C#N)(c1cccc2ccccc12)C(C)C. The number of allylic oxidation sites excluding steroid dienone is 2. The van der Waals surface area contributed by atoms with Gasteiger partial charge in [-0.2, -0.15) is 5.26 Å². The molecule has 0 bridgehead atoms. The van der Waals surface area contributed by atoms with Crippen molar-refractivity contribution in [3.8, 4) is 6.07 Å². The van der Waals surface area contributed by atoms with Crippen molar-refractivity contribution in [2.45, 2.75) is 53.4 Å². The quantitative estimate of drug-likeness (QED) is 0.438. The minimum absolute atomic E-state index is 0.229. The number of hydrogen-bond donors (Lipinski definition) is 0. The van der Waals surface area contributed by atoms with Crippen LogP contribution in [0.1, 0.15) is 53.5 Å². The third-order valence-electron chi connectivity index (χ3n) is 5.79. The smallest absolute Gasteiger partial charge is 0.0863 e. The van der Waals surface area contributed by atoms with Crippen molar-refractivity contribution in [3.63, 3.8) is 0 Å². The maximum atomic E-state index is 10.4. The molecule has 1 unspecified atom stereocenters. The highest BCUT2D eigenvalue weighted by Gasteiger charge is 2.37. The zero-order valence-corrected chi connectivity index (χ0v) is 19.0. The fraction of sp³-hybridized carbons (Fsp3) is 0.444. The maximum absolute atomic E-state index is 10.4. The van der Waals surface area contributed by atoms with Crippen LogP contribution < -0.4 is 0 Å². The molecule has 2 aromatic carbocycles. The van der Waals surface area contributed by atoms with Gasteiger partial charge in [-0.1, -0.05) is 79.6 Å². The Kier molecular flexibility index (Phi) is 8.23. The molecular weight excluding hydrogens is 352 g/mol. The van der Waals surface area contributed by atoms with Gasteiger partial charge in [0.05, 0.1) is 11.5 Å². The molecular formula is C27H36N2. The van der Waals surface area contributed by atoms with E-state index in [0.717, 1.165) is 31.6 Å².